The monoisotopic (exact) mass is 384 g/mol. The van der Waals surface area contributed by atoms with Crippen LogP contribution in [0.3, 0.4) is 0 Å². The van der Waals surface area contributed by atoms with Gasteiger partial charge < -0.3 is 20.1 Å². The van der Waals surface area contributed by atoms with Gasteiger partial charge in [0.05, 0.1) is 13.2 Å². The topological polar surface area (TPSA) is 67.8 Å². The Balaban J connectivity index is 1.94. The zero-order valence-corrected chi connectivity index (χ0v) is 17.2. The lowest BCUT2D eigenvalue weighted by Crippen LogP contribution is -2.38. The Morgan fingerprint density at radius 3 is 2.82 bits per heavy atom. The Hall–Kier alpha value is -2.60. The van der Waals surface area contributed by atoms with Crippen LogP contribution in [0, 0.1) is 6.92 Å². The Bertz CT molecular complexity index is 720. The van der Waals surface area contributed by atoms with Gasteiger partial charge in [-0.15, -0.1) is 0 Å². The van der Waals surface area contributed by atoms with E-state index in [-0.39, 0.29) is 0 Å². The zero-order valence-electron chi connectivity index (χ0n) is 17.2. The van der Waals surface area contributed by atoms with Crippen LogP contribution >= 0.6 is 0 Å². The van der Waals surface area contributed by atoms with Crippen LogP contribution in [0.25, 0.3) is 0 Å². The van der Waals surface area contributed by atoms with E-state index in [4.69, 9.17) is 14.5 Å². The Kier molecular flexibility index (Phi) is 9.86. The summed E-state index contributed by atoms with van der Waals surface area (Å²) in [6, 6.07) is 10.3. The first-order chi connectivity index (χ1) is 13.7. The third kappa shape index (κ3) is 7.96. The molecule has 6 heteroatoms. The molecule has 6 nitrogen and oxygen atoms in total. The van der Waals surface area contributed by atoms with E-state index in [1.54, 1.807) is 13.3 Å². The van der Waals surface area contributed by atoms with Crippen LogP contribution in [0.5, 0.6) is 5.75 Å². The van der Waals surface area contributed by atoms with E-state index in [1.165, 1.54) is 11.1 Å². The van der Waals surface area contributed by atoms with Crippen LogP contribution in [0.2, 0.25) is 0 Å². The minimum Gasteiger partial charge on any atom is -0.493 e. The molecule has 2 rings (SSSR count). The average molecular weight is 385 g/mol. The highest BCUT2D eigenvalue weighted by molar-refractivity contribution is 5.79. The van der Waals surface area contributed by atoms with Gasteiger partial charge in [0.1, 0.15) is 5.75 Å². The number of nitrogens with one attached hydrogen (secondary N) is 2. The maximum atomic E-state index is 5.95. The van der Waals surface area contributed by atoms with E-state index in [1.807, 2.05) is 12.3 Å². The van der Waals surface area contributed by atoms with E-state index in [0.717, 1.165) is 43.2 Å². The van der Waals surface area contributed by atoms with E-state index in [9.17, 15) is 0 Å². The molecule has 0 saturated heterocycles. The van der Waals surface area contributed by atoms with Crippen molar-refractivity contribution in [2.24, 2.45) is 4.99 Å². The first kappa shape index (κ1) is 21.7. The fourth-order valence-corrected chi connectivity index (χ4v) is 2.69. The SMILES string of the molecule is CCNC(=NCc1ccc(C)cc1OCCCOC)NCCc1cccnc1. The molecule has 1 aromatic heterocycles. The Labute approximate surface area is 168 Å². The van der Waals surface area contributed by atoms with Gasteiger partial charge in [0.2, 0.25) is 0 Å². The van der Waals surface area contributed by atoms with Crippen LogP contribution < -0.4 is 15.4 Å². The number of guanidine groups is 1. The number of nitrogens with zero attached hydrogens (tertiary/aromatic N) is 2. The molecule has 2 aromatic rings. The predicted octanol–water partition coefficient (Wildman–Crippen LogP) is 3.10. The highest BCUT2D eigenvalue weighted by Crippen LogP contribution is 2.21. The summed E-state index contributed by atoms with van der Waals surface area (Å²) in [5, 5.41) is 6.68. The van der Waals surface area contributed by atoms with Crippen molar-refractivity contribution in [3.63, 3.8) is 0 Å². The van der Waals surface area contributed by atoms with Gasteiger partial charge in [-0.3, -0.25) is 4.98 Å². The molecule has 28 heavy (non-hydrogen) atoms. The molecular weight excluding hydrogens is 352 g/mol. The number of hydrogen-bond donors (Lipinski definition) is 2. The van der Waals surface area contributed by atoms with Gasteiger partial charge in [-0.1, -0.05) is 18.2 Å². The predicted molar refractivity (Wildman–Crippen MR) is 114 cm³/mol. The van der Waals surface area contributed by atoms with Crippen molar-refractivity contribution in [3.05, 3.63) is 59.4 Å². The Morgan fingerprint density at radius 1 is 1.18 bits per heavy atom. The van der Waals surface area contributed by atoms with Crippen molar-refractivity contribution >= 4 is 5.96 Å². The summed E-state index contributed by atoms with van der Waals surface area (Å²) < 4.78 is 11.0. The minimum atomic E-state index is 0.558. The first-order valence-corrected chi connectivity index (χ1v) is 9.85. The van der Waals surface area contributed by atoms with Crippen molar-refractivity contribution < 1.29 is 9.47 Å². The quantitative estimate of drug-likeness (QED) is 0.354. The molecule has 1 aromatic carbocycles. The number of aromatic nitrogens is 1. The lowest BCUT2D eigenvalue weighted by atomic mass is 10.1. The average Bonchev–Trinajstić information content (AvgIpc) is 2.71. The maximum Gasteiger partial charge on any atom is 0.191 e. The summed E-state index contributed by atoms with van der Waals surface area (Å²) in [4.78, 5) is 8.88. The largest absolute Gasteiger partial charge is 0.493 e. The first-order valence-electron chi connectivity index (χ1n) is 9.85. The standard InChI is InChI=1S/C22H32N4O2/c1-4-24-22(25-12-10-19-7-5-11-23-16-19)26-17-20-9-8-18(2)15-21(20)28-14-6-13-27-3/h5,7-9,11,15-16H,4,6,10,12-14,17H2,1-3H3,(H2,24,25,26). The highest BCUT2D eigenvalue weighted by atomic mass is 16.5. The molecule has 0 spiro atoms. The van der Waals surface area contributed by atoms with E-state index in [0.29, 0.717) is 19.8 Å². The number of pyridine rings is 1. The van der Waals surface area contributed by atoms with E-state index < -0.39 is 0 Å². The molecule has 152 valence electrons. The summed E-state index contributed by atoms with van der Waals surface area (Å²) in [6.07, 6.45) is 5.45. The molecule has 0 aliphatic rings. The van der Waals surface area contributed by atoms with Gasteiger partial charge in [-0.25, -0.2) is 4.99 Å². The number of aryl methyl sites for hydroxylation is 1. The van der Waals surface area contributed by atoms with Crippen molar-refractivity contribution in [1.29, 1.82) is 0 Å². The molecule has 0 radical (unpaired) electrons. The molecule has 0 aliphatic heterocycles. The smallest absolute Gasteiger partial charge is 0.191 e. The molecule has 1 heterocycles. The van der Waals surface area contributed by atoms with Crippen LogP contribution in [-0.2, 0) is 17.7 Å². The summed E-state index contributed by atoms with van der Waals surface area (Å²) in [5.41, 5.74) is 3.46. The van der Waals surface area contributed by atoms with Crippen molar-refractivity contribution in [2.75, 3.05) is 33.4 Å². The summed E-state index contributed by atoms with van der Waals surface area (Å²) in [6.45, 7) is 7.64. The van der Waals surface area contributed by atoms with Crippen molar-refractivity contribution in [3.8, 4) is 5.75 Å². The van der Waals surface area contributed by atoms with Crippen molar-refractivity contribution in [2.45, 2.75) is 33.2 Å². The molecular formula is C22H32N4O2. The number of hydrogen-bond acceptors (Lipinski definition) is 4. The van der Waals surface area contributed by atoms with E-state index in [2.05, 4.69) is 53.7 Å². The third-order valence-electron chi connectivity index (χ3n) is 4.15. The summed E-state index contributed by atoms with van der Waals surface area (Å²) in [7, 11) is 1.70. The molecule has 0 unspecified atom stereocenters. The van der Waals surface area contributed by atoms with Gasteiger partial charge in [0.25, 0.3) is 0 Å². The van der Waals surface area contributed by atoms with Gasteiger partial charge in [0, 0.05) is 51.2 Å². The van der Waals surface area contributed by atoms with Crippen LogP contribution in [-0.4, -0.2) is 44.4 Å². The number of rotatable bonds is 11. The van der Waals surface area contributed by atoms with Crippen LogP contribution in [0.15, 0.2) is 47.7 Å². The Morgan fingerprint density at radius 2 is 2.07 bits per heavy atom. The third-order valence-corrected chi connectivity index (χ3v) is 4.15. The summed E-state index contributed by atoms with van der Waals surface area (Å²) in [5.74, 6) is 1.70. The fourth-order valence-electron chi connectivity index (χ4n) is 2.69. The molecule has 2 N–H and O–H groups in total. The maximum absolute atomic E-state index is 5.95. The van der Waals surface area contributed by atoms with Gasteiger partial charge >= 0.3 is 0 Å². The molecule has 0 bridgehead atoms. The van der Waals surface area contributed by atoms with E-state index >= 15 is 0 Å². The molecule has 0 atom stereocenters. The number of ether oxygens (including phenoxy) is 2. The van der Waals surface area contributed by atoms with Crippen molar-refractivity contribution in [1.82, 2.24) is 15.6 Å². The summed E-state index contributed by atoms with van der Waals surface area (Å²) >= 11 is 0. The second-order valence-corrected chi connectivity index (χ2v) is 6.54. The number of benzene rings is 1. The number of aliphatic imine (C=N–C) groups is 1. The lowest BCUT2D eigenvalue weighted by Gasteiger charge is -2.14. The minimum absolute atomic E-state index is 0.558. The normalized spacial score (nSPS) is 11.3. The van der Waals surface area contributed by atoms with Gasteiger partial charge in [-0.05, 0) is 43.5 Å². The molecule has 0 fully saturated rings. The van der Waals surface area contributed by atoms with Crippen LogP contribution in [0.1, 0.15) is 30.0 Å². The molecule has 0 saturated carbocycles. The molecule has 0 aliphatic carbocycles. The van der Waals surface area contributed by atoms with Gasteiger partial charge in [0.15, 0.2) is 5.96 Å². The zero-order chi connectivity index (χ0) is 20.0. The molecule has 0 amide bonds. The second kappa shape index (κ2) is 12.7. The van der Waals surface area contributed by atoms with Gasteiger partial charge in [-0.2, -0.15) is 0 Å². The highest BCUT2D eigenvalue weighted by Gasteiger charge is 2.05. The lowest BCUT2D eigenvalue weighted by molar-refractivity contribution is 0.172. The number of methoxy groups -OCH3 is 1. The fraction of sp³-hybridized carbons (Fsp3) is 0.455. The van der Waals surface area contributed by atoms with Crippen LogP contribution in [0.4, 0.5) is 0 Å². The second-order valence-electron chi connectivity index (χ2n) is 6.54.